The van der Waals surface area contributed by atoms with Gasteiger partial charge in [0, 0.05) is 5.92 Å². The molecular weight excluding hydrogens is 156 g/mol. The summed E-state index contributed by atoms with van der Waals surface area (Å²) in [5.41, 5.74) is 0. The van der Waals surface area contributed by atoms with E-state index in [0.29, 0.717) is 0 Å². The minimum Gasteiger partial charge on any atom is -0.480 e. The molecule has 5 heteroatoms. The van der Waals surface area contributed by atoms with Gasteiger partial charge in [0.05, 0.1) is 6.04 Å². The second-order valence-corrected chi connectivity index (χ2v) is 3.05. The summed E-state index contributed by atoms with van der Waals surface area (Å²) in [6.07, 6.45) is 0.0625. The molecule has 1 heterocycles. The van der Waals surface area contributed by atoms with Gasteiger partial charge in [-0.25, -0.2) is 8.78 Å². The van der Waals surface area contributed by atoms with Crippen LogP contribution in [0.1, 0.15) is 6.42 Å². The molecule has 62 valence electrons. The number of rotatable bonds is 1. The fourth-order valence-corrected chi connectivity index (χ4v) is 1.62. The van der Waals surface area contributed by atoms with Gasteiger partial charge in [-0.05, 0) is 6.42 Å². The third-order valence-corrected chi connectivity index (χ3v) is 2.37. The van der Waals surface area contributed by atoms with Crippen LogP contribution in [0, 0.1) is 5.92 Å². The van der Waals surface area contributed by atoms with Crippen molar-refractivity contribution in [3.63, 3.8) is 0 Å². The van der Waals surface area contributed by atoms with E-state index < -0.39 is 29.9 Å². The zero-order chi connectivity index (χ0) is 8.22. The van der Waals surface area contributed by atoms with Crippen LogP contribution in [0.5, 0.6) is 0 Å². The molecule has 1 aliphatic heterocycles. The Morgan fingerprint density at radius 3 is 2.64 bits per heavy atom. The van der Waals surface area contributed by atoms with Crippen molar-refractivity contribution in [3.05, 3.63) is 0 Å². The molecule has 0 aromatic rings. The lowest BCUT2D eigenvalue weighted by Crippen LogP contribution is -2.37. The van der Waals surface area contributed by atoms with E-state index in [2.05, 4.69) is 5.32 Å². The highest BCUT2D eigenvalue weighted by atomic mass is 19.3. The molecular formula is C6H7F2NO2. The van der Waals surface area contributed by atoms with Gasteiger partial charge in [-0.1, -0.05) is 0 Å². The summed E-state index contributed by atoms with van der Waals surface area (Å²) in [5, 5.41) is 10.8. The Bertz CT molecular complexity index is 205. The van der Waals surface area contributed by atoms with Gasteiger partial charge in [-0.15, -0.1) is 0 Å². The van der Waals surface area contributed by atoms with E-state index in [1.807, 2.05) is 0 Å². The van der Waals surface area contributed by atoms with Crippen LogP contribution in [0.3, 0.4) is 0 Å². The normalized spacial score (nSPS) is 45.1. The lowest BCUT2D eigenvalue weighted by Gasteiger charge is -2.09. The lowest BCUT2D eigenvalue weighted by molar-refractivity contribution is -0.139. The SMILES string of the molecule is O=C(O)[C@@H]1C[C@@H]2[C@H](N1)C2(F)F. The zero-order valence-electron chi connectivity index (χ0n) is 5.55. The van der Waals surface area contributed by atoms with Crippen molar-refractivity contribution >= 4 is 5.97 Å². The van der Waals surface area contributed by atoms with Crippen molar-refractivity contribution in [2.45, 2.75) is 24.4 Å². The standard InChI is InChI=1S/C6H7F2NO2/c7-6(8)2-1-3(5(10)11)9-4(2)6/h2-4,9H,1H2,(H,10,11)/t2-,3+,4+/m1/s1. The molecule has 0 amide bonds. The summed E-state index contributed by atoms with van der Waals surface area (Å²) in [5.74, 6) is -4.41. The van der Waals surface area contributed by atoms with Gasteiger partial charge in [0.1, 0.15) is 6.04 Å². The molecule has 1 saturated carbocycles. The van der Waals surface area contributed by atoms with Crippen LogP contribution in [0.2, 0.25) is 0 Å². The summed E-state index contributed by atoms with van der Waals surface area (Å²) in [6, 6.07) is -1.63. The van der Waals surface area contributed by atoms with Crippen LogP contribution < -0.4 is 5.32 Å². The molecule has 0 radical (unpaired) electrons. The smallest absolute Gasteiger partial charge is 0.320 e. The molecule has 2 aliphatic rings. The summed E-state index contributed by atoms with van der Waals surface area (Å²) in [4.78, 5) is 10.3. The summed E-state index contributed by atoms with van der Waals surface area (Å²) in [6.45, 7) is 0. The minimum absolute atomic E-state index is 0.0625. The van der Waals surface area contributed by atoms with Crippen molar-refractivity contribution in [1.29, 1.82) is 0 Å². The Balaban J connectivity index is 2.00. The fourth-order valence-electron chi connectivity index (χ4n) is 1.62. The maximum Gasteiger partial charge on any atom is 0.320 e. The molecule has 2 rings (SSSR count). The lowest BCUT2D eigenvalue weighted by atomic mass is 10.2. The summed E-state index contributed by atoms with van der Waals surface area (Å²) < 4.78 is 24.8. The van der Waals surface area contributed by atoms with Crippen LogP contribution in [0.4, 0.5) is 8.78 Å². The predicted octanol–water partition coefficient (Wildman–Crippen LogP) is 0.0666. The Kier molecular flexibility index (Phi) is 1.09. The summed E-state index contributed by atoms with van der Waals surface area (Å²) >= 11 is 0. The largest absolute Gasteiger partial charge is 0.480 e. The quantitative estimate of drug-likeness (QED) is 0.575. The average Bonchev–Trinajstić information content (AvgIpc) is 2.28. The number of nitrogens with one attached hydrogen (secondary N) is 1. The minimum atomic E-state index is -2.65. The van der Waals surface area contributed by atoms with E-state index in [9.17, 15) is 13.6 Å². The maximum atomic E-state index is 12.4. The first-order chi connectivity index (χ1) is 5.03. The number of carbonyl (C=O) groups is 1. The molecule has 0 aromatic heterocycles. The molecule has 1 aliphatic carbocycles. The van der Waals surface area contributed by atoms with Crippen LogP contribution >= 0.6 is 0 Å². The number of fused-ring (bicyclic) bond motifs is 1. The number of halogens is 2. The molecule has 1 saturated heterocycles. The molecule has 0 spiro atoms. The Hall–Kier alpha value is -0.710. The fraction of sp³-hybridized carbons (Fsp3) is 0.833. The molecule has 2 fully saturated rings. The topological polar surface area (TPSA) is 49.3 Å². The Morgan fingerprint density at radius 2 is 2.27 bits per heavy atom. The molecule has 0 unspecified atom stereocenters. The van der Waals surface area contributed by atoms with Gasteiger partial charge in [0.15, 0.2) is 0 Å². The third kappa shape index (κ3) is 0.772. The van der Waals surface area contributed by atoms with Crippen LogP contribution in [0.15, 0.2) is 0 Å². The van der Waals surface area contributed by atoms with Crippen molar-refractivity contribution in [2.75, 3.05) is 0 Å². The van der Waals surface area contributed by atoms with Crippen LogP contribution in [-0.2, 0) is 4.79 Å². The number of carboxylic acid groups (broad SMARTS) is 1. The monoisotopic (exact) mass is 163 g/mol. The number of aliphatic carboxylic acids is 1. The molecule has 0 bridgehead atoms. The highest BCUT2D eigenvalue weighted by Gasteiger charge is 2.72. The Labute approximate surface area is 61.4 Å². The summed E-state index contributed by atoms with van der Waals surface area (Å²) in [7, 11) is 0. The highest BCUT2D eigenvalue weighted by molar-refractivity contribution is 5.74. The van der Waals surface area contributed by atoms with E-state index >= 15 is 0 Å². The molecule has 3 atom stereocenters. The van der Waals surface area contributed by atoms with E-state index in [1.54, 1.807) is 0 Å². The van der Waals surface area contributed by atoms with Crippen molar-refractivity contribution in [2.24, 2.45) is 5.92 Å². The van der Waals surface area contributed by atoms with Gasteiger partial charge >= 0.3 is 5.97 Å². The average molecular weight is 163 g/mol. The number of piperidine rings is 1. The second kappa shape index (κ2) is 1.72. The van der Waals surface area contributed by atoms with E-state index in [1.165, 1.54) is 0 Å². The van der Waals surface area contributed by atoms with Gasteiger partial charge < -0.3 is 5.11 Å². The number of alkyl halides is 2. The molecule has 11 heavy (non-hydrogen) atoms. The van der Waals surface area contributed by atoms with Crippen molar-refractivity contribution in [3.8, 4) is 0 Å². The Morgan fingerprint density at radius 1 is 1.64 bits per heavy atom. The van der Waals surface area contributed by atoms with Crippen LogP contribution in [0.25, 0.3) is 0 Å². The molecule has 0 aromatic carbocycles. The predicted molar refractivity (Wildman–Crippen MR) is 31.4 cm³/mol. The van der Waals surface area contributed by atoms with E-state index in [0.717, 1.165) is 0 Å². The van der Waals surface area contributed by atoms with E-state index in [4.69, 9.17) is 5.11 Å². The van der Waals surface area contributed by atoms with Gasteiger partial charge in [0.25, 0.3) is 5.92 Å². The van der Waals surface area contributed by atoms with Gasteiger partial charge in [0.2, 0.25) is 0 Å². The first-order valence-electron chi connectivity index (χ1n) is 3.40. The zero-order valence-corrected chi connectivity index (χ0v) is 5.55. The first kappa shape index (κ1) is 6.97. The first-order valence-corrected chi connectivity index (χ1v) is 3.40. The molecule has 2 N–H and O–H groups in total. The highest BCUT2D eigenvalue weighted by Crippen LogP contribution is 2.55. The van der Waals surface area contributed by atoms with Gasteiger partial charge in [-0.3, -0.25) is 10.1 Å². The van der Waals surface area contributed by atoms with Crippen molar-refractivity contribution < 1.29 is 18.7 Å². The maximum absolute atomic E-state index is 12.4. The van der Waals surface area contributed by atoms with Crippen molar-refractivity contribution in [1.82, 2.24) is 5.32 Å². The number of hydrogen-bond acceptors (Lipinski definition) is 2. The number of carboxylic acids is 1. The molecule has 3 nitrogen and oxygen atoms in total. The van der Waals surface area contributed by atoms with E-state index in [-0.39, 0.29) is 6.42 Å². The van der Waals surface area contributed by atoms with Crippen LogP contribution in [-0.4, -0.2) is 29.1 Å². The number of hydrogen-bond donors (Lipinski definition) is 2. The third-order valence-electron chi connectivity index (χ3n) is 2.37. The van der Waals surface area contributed by atoms with Gasteiger partial charge in [-0.2, -0.15) is 0 Å². The second-order valence-electron chi connectivity index (χ2n) is 3.05.